The van der Waals surface area contributed by atoms with E-state index in [0.29, 0.717) is 24.2 Å². The van der Waals surface area contributed by atoms with E-state index in [1.807, 2.05) is 33.8 Å². The second-order valence-electron chi connectivity index (χ2n) is 7.21. The SMILES string of the molecule is COC(=O)c1ccc(OC2CC(Br)(NC(=O)OC(C)(C)C)C2)cc1C. The van der Waals surface area contributed by atoms with E-state index in [1.54, 1.807) is 12.1 Å². The first-order chi connectivity index (χ1) is 11.5. The van der Waals surface area contributed by atoms with Crippen molar-refractivity contribution in [2.24, 2.45) is 0 Å². The molecular formula is C18H24BrNO5. The maximum Gasteiger partial charge on any atom is 0.408 e. The van der Waals surface area contributed by atoms with Crippen molar-refractivity contribution in [3.05, 3.63) is 29.3 Å². The summed E-state index contributed by atoms with van der Waals surface area (Å²) < 4.78 is 15.4. The highest BCUT2D eigenvalue weighted by molar-refractivity contribution is 9.10. The molecule has 0 bridgehead atoms. The molecule has 7 heteroatoms. The average Bonchev–Trinajstić information content (AvgIpc) is 2.42. The van der Waals surface area contributed by atoms with Gasteiger partial charge in [-0.15, -0.1) is 0 Å². The molecule has 1 aliphatic rings. The number of halogens is 1. The minimum absolute atomic E-state index is 0.0299. The lowest BCUT2D eigenvalue weighted by molar-refractivity contribution is 0.0313. The van der Waals surface area contributed by atoms with Crippen molar-refractivity contribution < 1.29 is 23.8 Å². The third-order valence-corrected chi connectivity index (χ3v) is 4.58. The molecule has 0 saturated heterocycles. The molecule has 1 amide bonds. The smallest absolute Gasteiger partial charge is 0.408 e. The van der Waals surface area contributed by atoms with Gasteiger partial charge < -0.3 is 19.5 Å². The van der Waals surface area contributed by atoms with Gasteiger partial charge >= 0.3 is 12.1 Å². The summed E-state index contributed by atoms with van der Waals surface area (Å²) >= 11 is 3.53. The monoisotopic (exact) mass is 413 g/mol. The molecule has 1 fully saturated rings. The summed E-state index contributed by atoms with van der Waals surface area (Å²) in [6.45, 7) is 7.29. The van der Waals surface area contributed by atoms with E-state index in [2.05, 4.69) is 21.2 Å². The Morgan fingerprint density at radius 3 is 2.44 bits per heavy atom. The number of esters is 1. The van der Waals surface area contributed by atoms with Crippen LogP contribution in [0.3, 0.4) is 0 Å². The number of hydrogen-bond acceptors (Lipinski definition) is 5. The lowest BCUT2D eigenvalue weighted by atomic mass is 9.89. The number of alkyl halides is 1. The Kier molecular flexibility index (Phi) is 5.66. The normalized spacial score (nSPS) is 22.6. The van der Waals surface area contributed by atoms with Crippen LogP contribution in [-0.2, 0) is 9.47 Å². The fourth-order valence-corrected chi connectivity index (χ4v) is 3.46. The number of rotatable bonds is 4. The quantitative estimate of drug-likeness (QED) is 0.459. The van der Waals surface area contributed by atoms with Gasteiger partial charge in [-0.1, -0.05) is 15.9 Å². The molecule has 2 rings (SSSR count). The van der Waals surface area contributed by atoms with Gasteiger partial charge in [-0.05, 0) is 51.5 Å². The summed E-state index contributed by atoms with van der Waals surface area (Å²) in [6.07, 6.45) is 0.743. The van der Waals surface area contributed by atoms with Crippen LogP contribution in [0.25, 0.3) is 0 Å². The van der Waals surface area contributed by atoms with Crippen molar-refractivity contribution in [2.75, 3.05) is 7.11 Å². The molecule has 0 heterocycles. The van der Waals surface area contributed by atoms with Crippen molar-refractivity contribution in [3.63, 3.8) is 0 Å². The maximum absolute atomic E-state index is 11.9. The zero-order valence-corrected chi connectivity index (χ0v) is 16.7. The zero-order chi connectivity index (χ0) is 18.8. The van der Waals surface area contributed by atoms with Crippen LogP contribution in [0.2, 0.25) is 0 Å². The average molecular weight is 414 g/mol. The van der Waals surface area contributed by atoms with E-state index in [-0.39, 0.29) is 12.1 Å². The van der Waals surface area contributed by atoms with Crippen molar-refractivity contribution in [2.45, 2.75) is 56.7 Å². The minimum atomic E-state index is -0.536. The second-order valence-corrected chi connectivity index (χ2v) is 8.73. The molecule has 1 saturated carbocycles. The van der Waals surface area contributed by atoms with Crippen LogP contribution in [0.5, 0.6) is 5.75 Å². The number of aryl methyl sites for hydroxylation is 1. The van der Waals surface area contributed by atoms with Gasteiger partial charge in [-0.25, -0.2) is 9.59 Å². The molecule has 6 nitrogen and oxygen atoms in total. The number of carbonyl (C=O) groups is 2. The van der Waals surface area contributed by atoms with Crippen LogP contribution in [0.15, 0.2) is 18.2 Å². The first-order valence-corrected chi connectivity index (χ1v) is 8.86. The van der Waals surface area contributed by atoms with E-state index in [0.717, 1.165) is 5.56 Å². The summed E-state index contributed by atoms with van der Waals surface area (Å²) in [4.78, 5) is 23.5. The Hall–Kier alpha value is -1.76. The van der Waals surface area contributed by atoms with Gasteiger partial charge in [0.05, 0.1) is 12.7 Å². The van der Waals surface area contributed by atoms with Crippen molar-refractivity contribution in [3.8, 4) is 5.75 Å². The van der Waals surface area contributed by atoms with Gasteiger partial charge in [0.2, 0.25) is 0 Å². The summed E-state index contributed by atoms with van der Waals surface area (Å²) in [6, 6.07) is 5.24. The van der Waals surface area contributed by atoms with Gasteiger partial charge in [-0.2, -0.15) is 0 Å². The molecule has 1 aromatic carbocycles. The number of carbonyl (C=O) groups excluding carboxylic acids is 2. The number of methoxy groups -OCH3 is 1. The first kappa shape index (κ1) is 19.6. The fraction of sp³-hybridized carbons (Fsp3) is 0.556. The highest BCUT2D eigenvalue weighted by atomic mass is 79.9. The van der Waals surface area contributed by atoms with E-state index in [4.69, 9.17) is 14.2 Å². The standard InChI is InChI=1S/C18H24BrNO5/c1-11-8-12(6-7-14(11)15(21)23-5)24-13-9-18(19,10-13)20-16(22)25-17(2,3)4/h6-8,13H,9-10H2,1-5H3,(H,20,22). The molecule has 138 valence electrons. The van der Waals surface area contributed by atoms with E-state index in [9.17, 15) is 9.59 Å². The summed E-state index contributed by atoms with van der Waals surface area (Å²) in [5, 5.41) is 2.82. The Morgan fingerprint density at radius 1 is 1.28 bits per heavy atom. The van der Waals surface area contributed by atoms with E-state index >= 15 is 0 Å². The van der Waals surface area contributed by atoms with Crippen molar-refractivity contribution in [1.82, 2.24) is 5.32 Å². The fourth-order valence-electron chi connectivity index (χ4n) is 2.57. The number of nitrogens with one attached hydrogen (secondary N) is 1. The number of hydrogen-bond donors (Lipinski definition) is 1. The highest BCUT2D eigenvalue weighted by Crippen LogP contribution is 2.40. The minimum Gasteiger partial charge on any atom is -0.490 e. The zero-order valence-electron chi connectivity index (χ0n) is 15.1. The lowest BCUT2D eigenvalue weighted by Gasteiger charge is -2.43. The Morgan fingerprint density at radius 2 is 1.92 bits per heavy atom. The first-order valence-electron chi connectivity index (χ1n) is 8.07. The van der Waals surface area contributed by atoms with Gasteiger partial charge in [0.15, 0.2) is 0 Å². The van der Waals surface area contributed by atoms with Crippen LogP contribution >= 0.6 is 15.9 Å². The van der Waals surface area contributed by atoms with Crippen LogP contribution in [-0.4, -0.2) is 35.3 Å². The molecule has 0 aliphatic heterocycles. The predicted molar refractivity (Wildman–Crippen MR) is 97.2 cm³/mol. The van der Waals surface area contributed by atoms with Gasteiger partial charge in [0.1, 0.15) is 21.9 Å². The van der Waals surface area contributed by atoms with Crippen LogP contribution in [0.1, 0.15) is 49.5 Å². The number of alkyl carbamates (subject to hydrolysis) is 1. The molecule has 0 spiro atoms. The van der Waals surface area contributed by atoms with Gasteiger partial charge in [0, 0.05) is 12.8 Å². The molecular weight excluding hydrogens is 390 g/mol. The molecule has 0 unspecified atom stereocenters. The third-order valence-electron chi connectivity index (χ3n) is 3.73. The molecule has 0 radical (unpaired) electrons. The molecule has 1 aliphatic carbocycles. The Balaban J connectivity index is 1.88. The van der Waals surface area contributed by atoms with Crippen molar-refractivity contribution >= 4 is 28.0 Å². The van der Waals surface area contributed by atoms with Gasteiger partial charge in [0.25, 0.3) is 0 Å². The maximum atomic E-state index is 11.9. The predicted octanol–water partition coefficient (Wildman–Crippen LogP) is 3.94. The number of ether oxygens (including phenoxy) is 3. The Labute approximate surface area is 156 Å². The largest absolute Gasteiger partial charge is 0.490 e. The summed E-state index contributed by atoms with van der Waals surface area (Å²) in [5.41, 5.74) is 0.775. The highest BCUT2D eigenvalue weighted by Gasteiger charge is 2.45. The third kappa shape index (κ3) is 5.36. The second kappa shape index (κ2) is 7.23. The Bertz CT molecular complexity index is 662. The van der Waals surface area contributed by atoms with Gasteiger partial charge in [-0.3, -0.25) is 0 Å². The lowest BCUT2D eigenvalue weighted by Crippen LogP contribution is -2.57. The molecule has 25 heavy (non-hydrogen) atoms. The molecule has 0 atom stereocenters. The number of benzene rings is 1. The van der Waals surface area contributed by atoms with Crippen LogP contribution in [0, 0.1) is 6.92 Å². The van der Waals surface area contributed by atoms with E-state index < -0.39 is 16.1 Å². The number of amides is 1. The summed E-state index contributed by atoms with van der Waals surface area (Å²) in [5.74, 6) is 0.315. The molecule has 1 aromatic rings. The van der Waals surface area contributed by atoms with Crippen molar-refractivity contribution in [1.29, 1.82) is 0 Å². The van der Waals surface area contributed by atoms with Crippen LogP contribution in [0.4, 0.5) is 4.79 Å². The molecule has 1 N–H and O–H groups in total. The topological polar surface area (TPSA) is 73.9 Å². The summed E-state index contributed by atoms with van der Waals surface area (Å²) in [7, 11) is 1.35. The van der Waals surface area contributed by atoms with Crippen LogP contribution < -0.4 is 10.1 Å². The molecule has 0 aromatic heterocycles. The van der Waals surface area contributed by atoms with E-state index in [1.165, 1.54) is 7.11 Å².